The highest BCUT2D eigenvalue weighted by atomic mass is 32.2. The Morgan fingerprint density at radius 1 is 1.08 bits per heavy atom. The van der Waals surface area contributed by atoms with Gasteiger partial charge in [0.2, 0.25) is 10.0 Å². The molecule has 7 nitrogen and oxygen atoms in total. The summed E-state index contributed by atoms with van der Waals surface area (Å²) >= 11 is 0. The predicted octanol–water partition coefficient (Wildman–Crippen LogP) is 4.29. The molecule has 36 heavy (non-hydrogen) atoms. The van der Waals surface area contributed by atoms with Crippen molar-refractivity contribution in [2.75, 3.05) is 50.7 Å². The molecule has 2 heterocycles. The first-order chi connectivity index (χ1) is 16.9. The van der Waals surface area contributed by atoms with E-state index in [-0.39, 0.29) is 31.7 Å². The van der Waals surface area contributed by atoms with Crippen LogP contribution in [-0.4, -0.2) is 79.8 Å². The summed E-state index contributed by atoms with van der Waals surface area (Å²) in [5.74, 6) is -0.941. The highest BCUT2D eigenvalue weighted by Crippen LogP contribution is 2.36. The number of benzene rings is 1. The van der Waals surface area contributed by atoms with Gasteiger partial charge < -0.3 is 14.5 Å². The van der Waals surface area contributed by atoms with Gasteiger partial charge in [0, 0.05) is 50.5 Å². The van der Waals surface area contributed by atoms with E-state index in [2.05, 4.69) is 11.8 Å². The summed E-state index contributed by atoms with van der Waals surface area (Å²) in [6, 6.07) is 5.15. The average molecular weight is 524 g/mol. The van der Waals surface area contributed by atoms with E-state index in [0.717, 1.165) is 25.1 Å². The molecule has 202 valence electrons. The Kier molecular flexibility index (Phi) is 9.22. The SMILES string of the molecule is CCCC=Cc1ccc(N2CCN(S(=O)(=O)C3(C(=O)OC(C)(C)C)CCN(CC)CC3)CC2)cc1F. The Morgan fingerprint density at radius 3 is 2.25 bits per heavy atom. The van der Waals surface area contributed by atoms with Crippen molar-refractivity contribution in [3.8, 4) is 0 Å². The maximum Gasteiger partial charge on any atom is 0.329 e. The van der Waals surface area contributed by atoms with E-state index in [1.807, 2.05) is 24.0 Å². The second-order valence-corrected chi connectivity index (χ2v) is 13.0. The fraction of sp³-hybridized carbons (Fsp3) is 0.667. The average Bonchev–Trinajstić information content (AvgIpc) is 2.84. The largest absolute Gasteiger partial charge is 0.459 e. The zero-order chi connectivity index (χ0) is 26.6. The first-order valence-corrected chi connectivity index (χ1v) is 14.5. The molecule has 0 spiro atoms. The Labute approximate surface area is 216 Å². The molecule has 0 bridgehead atoms. The van der Waals surface area contributed by atoms with E-state index < -0.39 is 26.3 Å². The minimum absolute atomic E-state index is 0.219. The molecule has 1 aromatic rings. The molecular formula is C27H42FN3O4S. The van der Waals surface area contributed by atoms with Crippen LogP contribution in [0.5, 0.6) is 0 Å². The van der Waals surface area contributed by atoms with Crippen LogP contribution in [0.3, 0.4) is 0 Å². The van der Waals surface area contributed by atoms with Crippen molar-refractivity contribution in [1.82, 2.24) is 9.21 Å². The van der Waals surface area contributed by atoms with Gasteiger partial charge >= 0.3 is 5.97 Å². The molecule has 0 amide bonds. The minimum atomic E-state index is -3.96. The number of carbonyl (C=O) groups is 1. The number of hydrogen-bond acceptors (Lipinski definition) is 6. The van der Waals surface area contributed by atoms with Gasteiger partial charge in [0.15, 0.2) is 4.75 Å². The molecular weight excluding hydrogens is 481 g/mol. The number of piperazine rings is 1. The molecule has 2 saturated heterocycles. The van der Waals surface area contributed by atoms with Gasteiger partial charge in [-0.1, -0.05) is 32.4 Å². The lowest BCUT2D eigenvalue weighted by Crippen LogP contribution is -2.62. The maximum absolute atomic E-state index is 14.6. The molecule has 0 atom stereocenters. The number of sulfonamides is 1. The van der Waals surface area contributed by atoms with Gasteiger partial charge in [0.25, 0.3) is 0 Å². The van der Waals surface area contributed by atoms with Gasteiger partial charge in [-0.05, 0) is 64.8 Å². The number of rotatable bonds is 8. The van der Waals surface area contributed by atoms with E-state index in [1.54, 1.807) is 32.9 Å². The number of carbonyl (C=O) groups excluding carboxylic acids is 1. The molecule has 2 fully saturated rings. The van der Waals surface area contributed by atoms with Gasteiger partial charge in [0.1, 0.15) is 11.4 Å². The molecule has 0 radical (unpaired) electrons. The summed E-state index contributed by atoms with van der Waals surface area (Å²) in [5, 5.41) is 0. The normalized spacial score (nSPS) is 20.1. The van der Waals surface area contributed by atoms with Crippen LogP contribution >= 0.6 is 0 Å². The van der Waals surface area contributed by atoms with Crippen molar-refractivity contribution in [1.29, 1.82) is 0 Å². The quantitative estimate of drug-likeness (QED) is 0.474. The third kappa shape index (κ3) is 6.29. The van der Waals surface area contributed by atoms with Gasteiger partial charge in [-0.2, -0.15) is 4.31 Å². The van der Waals surface area contributed by atoms with Gasteiger partial charge in [0.05, 0.1) is 0 Å². The summed E-state index contributed by atoms with van der Waals surface area (Å²) in [4.78, 5) is 17.5. The van der Waals surface area contributed by atoms with E-state index in [0.29, 0.717) is 31.7 Å². The summed E-state index contributed by atoms with van der Waals surface area (Å²) in [7, 11) is -3.96. The topological polar surface area (TPSA) is 70.2 Å². The highest BCUT2D eigenvalue weighted by Gasteiger charge is 2.56. The van der Waals surface area contributed by atoms with Crippen LogP contribution in [0.25, 0.3) is 6.08 Å². The predicted molar refractivity (Wildman–Crippen MR) is 143 cm³/mol. The van der Waals surface area contributed by atoms with Crippen LogP contribution in [0.2, 0.25) is 0 Å². The number of esters is 1. The van der Waals surface area contributed by atoms with Crippen LogP contribution in [0.1, 0.15) is 65.9 Å². The first kappa shape index (κ1) is 28.6. The van der Waals surface area contributed by atoms with Crippen molar-refractivity contribution in [3.05, 3.63) is 35.7 Å². The molecule has 0 aromatic heterocycles. The Bertz CT molecular complexity index is 1040. The number of likely N-dealkylation sites (tertiary alicyclic amines) is 1. The summed E-state index contributed by atoms with van der Waals surface area (Å²) in [6.45, 7) is 12.6. The molecule has 3 rings (SSSR count). The van der Waals surface area contributed by atoms with Crippen LogP contribution in [0.15, 0.2) is 24.3 Å². The van der Waals surface area contributed by atoms with Gasteiger partial charge in [-0.25, -0.2) is 12.8 Å². The molecule has 2 aliphatic heterocycles. The Balaban J connectivity index is 1.76. The van der Waals surface area contributed by atoms with Crippen LogP contribution in [0.4, 0.5) is 10.1 Å². The van der Waals surface area contributed by atoms with Gasteiger partial charge in [-0.15, -0.1) is 0 Å². The molecule has 0 saturated carbocycles. The monoisotopic (exact) mass is 523 g/mol. The fourth-order valence-corrected chi connectivity index (χ4v) is 6.92. The molecule has 2 aliphatic rings. The highest BCUT2D eigenvalue weighted by molar-refractivity contribution is 7.91. The number of piperidine rings is 1. The maximum atomic E-state index is 14.6. The fourth-order valence-electron chi connectivity index (χ4n) is 4.83. The van der Waals surface area contributed by atoms with E-state index in [1.165, 1.54) is 10.4 Å². The minimum Gasteiger partial charge on any atom is -0.459 e. The second kappa shape index (κ2) is 11.6. The molecule has 0 aliphatic carbocycles. The smallest absolute Gasteiger partial charge is 0.329 e. The molecule has 1 aromatic carbocycles. The van der Waals surface area contributed by atoms with Crippen molar-refractivity contribution >= 4 is 27.8 Å². The lowest BCUT2D eigenvalue weighted by molar-refractivity contribution is -0.159. The Morgan fingerprint density at radius 2 is 1.72 bits per heavy atom. The first-order valence-electron chi connectivity index (χ1n) is 13.1. The van der Waals surface area contributed by atoms with Gasteiger partial charge in [-0.3, -0.25) is 4.79 Å². The zero-order valence-corrected chi connectivity index (χ0v) is 23.2. The van der Waals surface area contributed by atoms with Crippen molar-refractivity contribution in [2.45, 2.75) is 70.7 Å². The molecule has 9 heteroatoms. The molecule has 0 N–H and O–H groups in total. The van der Waals surface area contributed by atoms with Crippen molar-refractivity contribution < 1.29 is 22.3 Å². The zero-order valence-electron chi connectivity index (χ0n) is 22.4. The summed E-state index contributed by atoms with van der Waals surface area (Å²) in [6.07, 6.45) is 6.11. The van der Waals surface area contributed by atoms with E-state index >= 15 is 0 Å². The van der Waals surface area contributed by atoms with E-state index in [9.17, 15) is 17.6 Å². The second-order valence-electron chi connectivity index (χ2n) is 10.7. The number of hydrogen-bond donors (Lipinski definition) is 0. The van der Waals surface area contributed by atoms with Crippen LogP contribution < -0.4 is 4.90 Å². The number of allylic oxidation sites excluding steroid dienone is 1. The number of unbranched alkanes of at least 4 members (excludes halogenated alkanes) is 1. The number of anilines is 1. The third-order valence-corrected chi connectivity index (χ3v) is 9.66. The summed E-state index contributed by atoms with van der Waals surface area (Å²) in [5.41, 5.74) is 0.503. The van der Waals surface area contributed by atoms with Crippen LogP contribution in [-0.2, 0) is 19.6 Å². The summed E-state index contributed by atoms with van der Waals surface area (Å²) < 4.78 is 48.1. The Hall–Kier alpha value is -1.97. The number of nitrogens with zero attached hydrogens (tertiary/aromatic N) is 3. The van der Waals surface area contributed by atoms with Crippen molar-refractivity contribution in [2.24, 2.45) is 0 Å². The van der Waals surface area contributed by atoms with Crippen molar-refractivity contribution in [3.63, 3.8) is 0 Å². The number of ether oxygens (including phenoxy) is 1. The lowest BCUT2D eigenvalue weighted by Gasteiger charge is -2.44. The third-order valence-electron chi connectivity index (χ3n) is 7.06. The lowest BCUT2D eigenvalue weighted by atomic mass is 9.95. The standard InChI is InChI=1S/C27H42FN3O4S/c1-6-8-9-10-22-11-12-23(21-24(22)28)30-17-19-31(20-18-30)36(33,34)27(25(32)35-26(3,4)5)13-15-29(7-2)16-14-27/h9-12,21H,6-8,13-20H2,1-5H3. The van der Waals surface area contributed by atoms with Crippen LogP contribution in [0, 0.1) is 5.82 Å². The molecule has 0 unspecified atom stereocenters. The van der Waals surface area contributed by atoms with E-state index in [4.69, 9.17) is 4.74 Å². The number of halogens is 1.